The lowest BCUT2D eigenvalue weighted by molar-refractivity contribution is -0.123. The first-order chi connectivity index (χ1) is 9.99. The van der Waals surface area contributed by atoms with Gasteiger partial charge in [-0.3, -0.25) is 4.79 Å². The van der Waals surface area contributed by atoms with Crippen LogP contribution in [0, 0.1) is 5.92 Å². The van der Waals surface area contributed by atoms with E-state index in [0.29, 0.717) is 12.3 Å². The first-order valence-electron chi connectivity index (χ1n) is 8.31. The number of rotatable bonds is 3. The smallest absolute Gasteiger partial charge is 0.317 e. The number of carbonyl (C=O) groups excluding carboxylic acids is 2. The normalized spacial score (nSPS) is 28.6. The third kappa shape index (κ3) is 4.11. The second-order valence-electron chi connectivity index (χ2n) is 6.70. The Hall–Kier alpha value is -1.26. The van der Waals surface area contributed by atoms with E-state index in [-0.39, 0.29) is 30.1 Å². The van der Waals surface area contributed by atoms with Crippen LogP contribution in [0.15, 0.2) is 0 Å². The Balaban J connectivity index is 1.85. The highest BCUT2D eigenvalue weighted by molar-refractivity contribution is 5.78. The molecule has 1 aliphatic carbocycles. The minimum absolute atomic E-state index is 0.00795. The van der Waals surface area contributed by atoms with Crippen molar-refractivity contribution in [3.63, 3.8) is 0 Å². The summed E-state index contributed by atoms with van der Waals surface area (Å²) in [5, 5.41) is 5.98. The van der Waals surface area contributed by atoms with E-state index in [4.69, 9.17) is 0 Å². The lowest BCUT2D eigenvalue weighted by Gasteiger charge is -2.37. The van der Waals surface area contributed by atoms with Gasteiger partial charge in [-0.15, -0.1) is 0 Å². The van der Waals surface area contributed by atoms with E-state index in [1.165, 1.54) is 32.1 Å². The fraction of sp³-hybridized carbons (Fsp3) is 0.875. The van der Waals surface area contributed by atoms with Crippen LogP contribution in [0.1, 0.15) is 58.8 Å². The number of carbonyl (C=O) groups is 2. The highest BCUT2D eigenvalue weighted by Crippen LogP contribution is 2.28. The molecule has 1 saturated carbocycles. The van der Waals surface area contributed by atoms with Crippen molar-refractivity contribution in [3.8, 4) is 0 Å². The molecule has 2 aliphatic rings. The van der Waals surface area contributed by atoms with Gasteiger partial charge in [0.15, 0.2) is 0 Å². The molecule has 1 saturated heterocycles. The lowest BCUT2D eigenvalue weighted by Crippen LogP contribution is -2.57. The summed E-state index contributed by atoms with van der Waals surface area (Å²) in [7, 11) is 1.89. The molecule has 0 aromatic carbocycles. The van der Waals surface area contributed by atoms with Crippen LogP contribution in [-0.2, 0) is 4.79 Å². The van der Waals surface area contributed by atoms with Crippen LogP contribution in [0.4, 0.5) is 4.79 Å². The Morgan fingerprint density at radius 3 is 2.57 bits per heavy atom. The fourth-order valence-electron chi connectivity index (χ4n) is 3.54. The van der Waals surface area contributed by atoms with E-state index < -0.39 is 0 Å². The van der Waals surface area contributed by atoms with Crippen LogP contribution < -0.4 is 10.6 Å². The SMILES string of the molecule is CC1NC(=O)CCC1NC(=O)N(C)C(C)C1CCCCC1. The second-order valence-corrected chi connectivity index (χ2v) is 6.70. The zero-order chi connectivity index (χ0) is 15.4. The molecule has 2 rings (SSSR count). The highest BCUT2D eigenvalue weighted by Gasteiger charge is 2.30. The van der Waals surface area contributed by atoms with Gasteiger partial charge in [0.05, 0.1) is 6.04 Å². The lowest BCUT2D eigenvalue weighted by atomic mass is 9.84. The summed E-state index contributed by atoms with van der Waals surface area (Å²) in [6.45, 7) is 4.11. The largest absolute Gasteiger partial charge is 0.352 e. The van der Waals surface area contributed by atoms with Crippen molar-refractivity contribution in [2.24, 2.45) is 5.92 Å². The van der Waals surface area contributed by atoms with Gasteiger partial charge in [-0.2, -0.15) is 0 Å². The minimum atomic E-state index is -0.0129. The highest BCUT2D eigenvalue weighted by atomic mass is 16.2. The molecular formula is C16H29N3O2. The predicted molar refractivity (Wildman–Crippen MR) is 83.0 cm³/mol. The number of amides is 3. The van der Waals surface area contributed by atoms with Crippen molar-refractivity contribution in [2.45, 2.75) is 76.9 Å². The van der Waals surface area contributed by atoms with E-state index in [1.807, 2.05) is 18.9 Å². The summed E-state index contributed by atoms with van der Waals surface area (Å²) in [6.07, 6.45) is 7.59. The van der Waals surface area contributed by atoms with Crippen LogP contribution in [-0.4, -0.2) is 42.0 Å². The Bertz CT molecular complexity index is 380. The van der Waals surface area contributed by atoms with Crippen molar-refractivity contribution in [1.29, 1.82) is 0 Å². The summed E-state index contributed by atoms with van der Waals surface area (Å²) >= 11 is 0. The molecule has 1 aliphatic heterocycles. The number of hydrogen-bond donors (Lipinski definition) is 2. The Labute approximate surface area is 127 Å². The van der Waals surface area contributed by atoms with Gasteiger partial charge in [0.25, 0.3) is 0 Å². The van der Waals surface area contributed by atoms with E-state index >= 15 is 0 Å². The molecule has 2 fully saturated rings. The van der Waals surface area contributed by atoms with Crippen LogP contribution in [0.25, 0.3) is 0 Å². The van der Waals surface area contributed by atoms with Gasteiger partial charge in [-0.1, -0.05) is 19.3 Å². The molecular weight excluding hydrogens is 266 g/mol. The van der Waals surface area contributed by atoms with E-state index in [1.54, 1.807) is 0 Å². The standard InChI is InChI=1S/C16H29N3O2/c1-11-14(9-10-15(20)17-11)18-16(21)19(3)12(2)13-7-5-4-6-8-13/h11-14H,4-10H2,1-3H3,(H,17,20)(H,18,21). The van der Waals surface area contributed by atoms with Gasteiger partial charge in [0.2, 0.25) is 5.91 Å². The molecule has 1 heterocycles. The predicted octanol–water partition coefficient (Wildman–Crippen LogP) is 2.26. The molecule has 5 heteroatoms. The zero-order valence-electron chi connectivity index (χ0n) is 13.5. The molecule has 2 N–H and O–H groups in total. The first-order valence-corrected chi connectivity index (χ1v) is 8.31. The molecule has 0 radical (unpaired) electrons. The Morgan fingerprint density at radius 1 is 1.29 bits per heavy atom. The van der Waals surface area contributed by atoms with E-state index in [2.05, 4.69) is 17.6 Å². The molecule has 3 atom stereocenters. The van der Waals surface area contributed by atoms with Crippen molar-refractivity contribution in [3.05, 3.63) is 0 Å². The van der Waals surface area contributed by atoms with Crippen molar-refractivity contribution in [1.82, 2.24) is 15.5 Å². The molecule has 21 heavy (non-hydrogen) atoms. The molecule has 3 amide bonds. The summed E-state index contributed by atoms with van der Waals surface area (Å²) in [6, 6.07) is 0.310. The summed E-state index contributed by atoms with van der Waals surface area (Å²) < 4.78 is 0. The van der Waals surface area contributed by atoms with Crippen molar-refractivity contribution >= 4 is 11.9 Å². The van der Waals surface area contributed by atoms with Gasteiger partial charge in [-0.25, -0.2) is 4.79 Å². The van der Waals surface area contributed by atoms with E-state index in [9.17, 15) is 9.59 Å². The van der Waals surface area contributed by atoms with Gasteiger partial charge in [0, 0.05) is 25.6 Å². The van der Waals surface area contributed by atoms with Crippen LogP contribution in [0.2, 0.25) is 0 Å². The summed E-state index contributed by atoms with van der Waals surface area (Å²) in [4.78, 5) is 25.6. The topological polar surface area (TPSA) is 61.4 Å². The van der Waals surface area contributed by atoms with Gasteiger partial charge in [0.1, 0.15) is 0 Å². The van der Waals surface area contributed by atoms with Crippen molar-refractivity contribution < 1.29 is 9.59 Å². The van der Waals surface area contributed by atoms with Crippen LogP contribution >= 0.6 is 0 Å². The maximum Gasteiger partial charge on any atom is 0.317 e. The number of piperidine rings is 1. The van der Waals surface area contributed by atoms with Gasteiger partial charge in [-0.05, 0) is 39.0 Å². The molecule has 120 valence electrons. The fourth-order valence-corrected chi connectivity index (χ4v) is 3.54. The number of hydrogen-bond acceptors (Lipinski definition) is 2. The molecule has 0 aromatic rings. The number of nitrogens with one attached hydrogen (secondary N) is 2. The second kappa shape index (κ2) is 7.14. The quantitative estimate of drug-likeness (QED) is 0.839. The average molecular weight is 295 g/mol. The maximum absolute atomic E-state index is 12.4. The third-order valence-corrected chi connectivity index (χ3v) is 5.25. The number of urea groups is 1. The van der Waals surface area contributed by atoms with Crippen molar-refractivity contribution in [2.75, 3.05) is 7.05 Å². The molecule has 5 nitrogen and oxygen atoms in total. The summed E-state index contributed by atoms with van der Waals surface area (Å²) in [5.74, 6) is 0.704. The molecule has 0 aromatic heterocycles. The Morgan fingerprint density at radius 2 is 1.95 bits per heavy atom. The van der Waals surface area contributed by atoms with E-state index in [0.717, 1.165) is 6.42 Å². The zero-order valence-corrected chi connectivity index (χ0v) is 13.5. The molecule has 0 bridgehead atoms. The maximum atomic E-state index is 12.4. The first kappa shape index (κ1) is 16.1. The van der Waals surface area contributed by atoms with Crippen LogP contribution in [0.5, 0.6) is 0 Å². The van der Waals surface area contributed by atoms with Crippen LogP contribution in [0.3, 0.4) is 0 Å². The number of nitrogens with zero attached hydrogens (tertiary/aromatic N) is 1. The summed E-state index contributed by atoms with van der Waals surface area (Å²) in [5.41, 5.74) is 0. The minimum Gasteiger partial charge on any atom is -0.352 e. The van der Waals surface area contributed by atoms with Gasteiger partial charge >= 0.3 is 6.03 Å². The average Bonchev–Trinajstić information content (AvgIpc) is 2.49. The molecule has 3 unspecified atom stereocenters. The molecule has 0 spiro atoms. The monoisotopic (exact) mass is 295 g/mol. The third-order valence-electron chi connectivity index (χ3n) is 5.25. The Kier molecular flexibility index (Phi) is 5.48. The van der Waals surface area contributed by atoms with Gasteiger partial charge < -0.3 is 15.5 Å².